The fourth-order valence-corrected chi connectivity index (χ4v) is 3.37. The van der Waals surface area contributed by atoms with Crippen molar-refractivity contribution < 1.29 is 14.5 Å². The molecular weight excluding hydrogens is 388 g/mol. The minimum absolute atomic E-state index is 0.0692. The Balaban J connectivity index is 1.74. The van der Waals surface area contributed by atoms with Gasteiger partial charge in [0.15, 0.2) is 0 Å². The number of rotatable bonds is 5. The number of amides is 1. The second kappa shape index (κ2) is 7.66. The molecule has 0 unspecified atom stereocenters. The van der Waals surface area contributed by atoms with Crippen molar-refractivity contribution in [1.29, 1.82) is 0 Å². The van der Waals surface area contributed by atoms with Crippen molar-refractivity contribution in [3.63, 3.8) is 0 Å². The number of nitro benzene ring substituents is 1. The zero-order valence-electron chi connectivity index (χ0n) is 16.2. The summed E-state index contributed by atoms with van der Waals surface area (Å²) in [7, 11) is 1.56. The van der Waals surface area contributed by atoms with Crippen LogP contribution in [0.5, 0.6) is 5.75 Å². The molecule has 2 aromatic carbocycles. The molecule has 0 bridgehead atoms. The third kappa shape index (κ3) is 3.46. The number of methoxy groups -OCH3 is 1. The molecule has 2 heterocycles. The molecule has 30 heavy (non-hydrogen) atoms. The summed E-state index contributed by atoms with van der Waals surface area (Å²) in [5.74, 6) is 0.761. The molecule has 0 aliphatic carbocycles. The molecule has 2 N–H and O–H groups in total. The largest absolute Gasteiger partial charge is 0.497 e. The highest BCUT2D eigenvalue weighted by molar-refractivity contribution is 6.06. The van der Waals surface area contributed by atoms with Crippen LogP contribution < -0.4 is 15.4 Å². The molecular formula is C20H18N6O4. The third-order valence-electron chi connectivity index (χ3n) is 4.78. The molecule has 152 valence electrons. The molecule has 0 saturated heterocycles. The van der Waals surface area contributed by atoms with Gasteiger partial charge in [0.05, 0.1) is 17.6 Å². The maximum Gasteiger partial charge on any atom is 0.269 e. The zero-order chi connectivity index (χ0) is 21.3. The minimum atomic E-state index is -0.679. The number of hydrogen-bond acceptors (Lipinski definition) is 7. The molecule has 1 amide bonds. The Morgan fingerprint density at radius 2 is 2.03 bits per heavy atom. The van der Waals surface area contributed by atoms with Crippen LogP contribution in [-0.2, 0) is 4.79 Å². The number of fused-ring (bicyclic) bond motifs is 1. The van der Waals surface area contributed by atoms with Gasteiger partial charge in [0.25, 0.3) is 11.6 Å². The van der Waals surface area contributed by atoms with E-state index in [2.05, 4.69) is 20.7 Å². The normalized spacial score (nSPS) is 15.2. The van der Waals surface area contributed by atoms with E-state index in [1.165, 1.54) is 23.1 Å². The van der Waals surface area contributed by atoms with Crippen molar-refractivity contribution in [2.45, 2.75) is 13.0 Å². The van der Waals surface area contributed by atoms with Crippen LogP contribution in [0.2, 0.25) is 0 Å². The van der Waals surface area contributed by atoms with E-state index >= 15 is 0 Å². The zero-order valence-corrected chi connectivity index (χ0v) is 16.2. The number of allylic oxidation sites excluding steroid dienone is 1. The van der Waals surface area contributed by atoms with Gasteiger partial charge in [-0.05, 0) is 36.8 Å². The first-order chi connectivity index (χ1) is 14.5. The maximum absolute atomic E-state index is 13.2. The molecule has 1 aliphatic heterocycles. The lowest BCUT2D eigenvalue weighted by atomic mass is 9.94. The van der Waals surface area contributed by atoms with Crippen LogP contribution in [0.1, 0.15) is 18.5 Å². The average Bonchev–Trinajstić information content (AvgIpc) is 3.21. The van der Waals surface area contributed by atoms with Crippen LogP contribution in [0.25, 0.3) is 0 Å². The summed E-state index contributed by atoms with van der Waals surface area (Å²) in [4.78, 5) is 28.2. The lowest BCUT2D eigenvalue weighted by Gasteiger charge is -2.28. The van der Waals surface area contributed by atoms with Gasteiger partial charge >= 0.3 is 0 Å². The van der Waals surface area contributed by atoms with Gasteiger partial charge in [-0.1, -0.05) is 12.1 Å². The van der Waals surface area contributed by atoms with Gasteiger partial charge in [-0.25, -0.2) is 4.68 Å². The van der Waals surface area contributed by atoms with Crippen molar-refractivity contribution in [3.05, 3.63) is 81.8 Å². The third-order valence-corrected chi connectivity index (χ3v) is 4.78. The Hall–Kier alpha value is -4.21. The van der Waals surface area contributed by atoms with Crippen molar-refractivity contribution in [2.24, 2.45) is 0 Å². The standard InChI is InChI=1S/C20H18N6O4/c1-12-17(19(27)24-14-6-8-16(30-2)9-7-14)18(25-20(23-12)21-11-22-25)13-4-3-5-15(10-13)26(28)29/h3-11,18H,1-2H3,(H,24,27)(H,21,22,23)/t18-/m1/s1. The van der Waals surface area contributed by atoms with E-state index in [1.807, 2.05) is 0 Å². The van der Waals surface area contributed by atoms with Crippen molar-refractivity contribution in [1.82, 2.24) is 14.8 Å². The lowest BCUT2D eigenvalue weighted by molar-refractivity contribution is -0.384. The lowest BCUT2D eigenvalue weighted by Crippen LogP contribution is -2.31. The molecule has 0 spiro atoms. The van der Waals surface area contributed by atoms with Crippen molar-refractivity contribution in [2.75, 3.05) is 17.7 Å². The number of carbonyl (C=O) groups is 1. The van der Waals surface area contributed by atoms with Gasteiger partial charge in [0.1, 0.15) is 18.1 Å². The summed E-state index contributed by atoms with van der Waals surface area (Å²) >= 11 is 0. The smallest absolute Gasteiger partial charge is 0.269 e. The quantitative estimate of drug-likeness (QED) is 0.493. The van der Waals surface area contributed by atoms with Crippen LogP contribution in [0.3, 0.4) is 0 Å². The number of non-ortho nitro benzene ring substituents is 1. The van der Waals surface area contributed by atoms with E-state index in [0.29, 0.717) is 34.2 Å². The van der Waals surface area contributed by atoms with E-state index in [9.17, 15) is 14.9 Å². The predicted octanol–water partition coefficient (Wildman–Crippen LogP) is 3.12. The average molecular weight is 406 g/mol. The first-order valence-corrected chi connectivity index (χ1v) is 9.05. The van der Waals surface area contributed by atoms with Gasteiger partial charge < -0.3 is 15.4 Å². The fraction of sp³-hybridized carbons (Fsp3) is 0.150. The Kier molecular flexibility index (Phi) is 4.88. The molecule has 4 rings (SSSR count). The number of nitro groups is 1. The highest BCUT2D eigenvalue weighted by atomic mass is 16.6. The van der Waals surface area contributed by atoms with Crippen LogP contribution in [0.15, 0.2) is 66.1 Å². The Morgan fingerprint density at radius 3 is 2.73 bits per heavy atom. The highest BCUT2D eigenvalue weighted by Gasteiger charge is 2.34. The summed E-state index contributed by atoms with van der Waals surface area (Å²) in [6.07, 6.45) is 1.37. The summed E-state index contributed by atoms with van der Waals surface area (Å²) < 4.78 is 6.67. The summed E-state index contributed by atoms with van der Waals surface area (Å²) in [5, 5.41) is 21.4. The SMILES string of the molecule is COc1ccc(NC(=O)C2=C(C)Nc3ncnn3[C@@H]2c2cccc([N+](=O)[O-])c2)cc1. The molecule has 1 aliphatic rings. The van der Waals surface area contributed by atoms with Crippen LogP contribution in [-0.4, -0.2) is 32.7 Å². The second-order valence-corrected chi connectivity index (χ2v) is 6.63. The molecule has 10 heteroatoms. The Bertz CT molecular complexity index is 1150. The van der Waals surface area contributed by atoms with E-state index in [0.717, 1.165) is 0 Å². The monoisotopic (exact) mass is 406 g/mol. The van der Waals surface area contributed by atoms with E-state index in [4.69, 9.17) is 4.74 Å². The van der Waals surface area contributed by atoms with E-state index in [1.54, 1.807) is 50.4 Å². The Morgan fingerprint density at radius 1 is 1.27 bits per heavy atom. The van der Waals surface area contributed by atoms with Gasteiger partial charge in [0, 0.05) is 23.5 Å². The maximum atomic E-state index is 13.2. The van der Waals surface area contributed by atoms with Gasteiger partial charge in [0.2, 0.25) is 5.95 Å². The highest BCUT2D eigenvalue weighted by Crippen LogP contribution is 2.36. The summed E-state index contributed by atoms with van der Waals surface area (Å²) in [5.41, 5.74) is 2.03. The van der Waals surface area contributed by atoms with Crippen LogP contribution in [0.4, 0.5) is 17.3 Å². The van der Waals surface area contributed by atoms with Gasteiger partial charge in [-0.3, -0.25) is 14.9 Å². The van der Waals surface area contributed by atoms with E-state index < -0.39 is 11.0 Å². The first kappa shape index (κ1) is 19.1. The number of aromatic nitrogens is 3. The number of ether oxygens (including phenoxy) is 1. The Labute approximate surface area is 171 Å². The number of anilines is 2. The fourth-order valence-electron chi connectivity index (χ4n) is 3.37. The molecule has 0 saturated carbocycles. The first-order valence-electron chi connectivity index (χ1n) is 9.05. The molecule has 1 atom stereocenters. The second-order valence-electron chi connectivity index (χ2n) is 6.63. The number of hydrogen-bond donors (Lipinski definition) is 2. The van der Waals surface area contributed by atoms with Crippen LogP contribution in [0, 0.1) is 10.1 Å². The molecule has 0 fully saturated rings. The number of nitrogens with one attached hydrogen (secondary N) is 2. The van der Waals surface area contributed by atoms with Crippen LogP contribution >= 0.6 is 0 Å². The minimum Gasteiger partial charge on any atom is -0.497 e. The molecule has 0 radical (unpaired) electrons. The predicted molar refractivity (Wildman–Crippen MR) is 109 cm³/mol. The van der Waals surface area contributed by atoms with E-state index in [-0.39, 0.29) is 11.6 Å². The number of carbonyl (C=O) groups excluding carboxylic acids is 1. The van der Waals surface area contributed by atoms with Gasteiger partial charge in [-0.2, -0.15) is 10.1 Å². The summed E-state index contributed by atoms with van der Waals surface area (Å²) in [6, 6.07) is 12.4. The number of benzene rings is 2. The molecule has 1 aromatic heterocycles. The molecule has 3 aromatic rings. The summed E-state index contributed by atoms with van der Waals surface area (Å²) in [6.45, 7) is 1.76. The number of nitrogens with zero attached hydrogens (tertiary/aromatic N) is 4. The van der Waals surface area contributed by atoms with Gasteiger partial charge in [-0.15, -0.1) is 0 Å². The van der Waals surface area contributed by atoms with Crippen molar-refractivity contribution >= 4 is 23.2 Å². The topological polar surface area (TPSA) is 124 Å². The van der Waals surface area contributed by atoms with Crippen molar-refractivity contribution in [3.8, 4) is 5.75 Å². The molecule has 10 nitrogen and oxygen atoms in total.